The molecule has 1 unspecified atom stereocenters. The van der Waals surface area contributed by atoms with Crippen LogP contribution < -0.4 is 0 Å². The third-order valence-corrected chi connectivity index (χ3v) is 3.67. The molecule has 0 bridgehead atoms. The molecule has 1 atom stereocenters. The highest BCUT2D eigenvalue weighted by molar-refractivity contribution is 6.17. The molecule has 0 saturated heterocycles. The number of alkyl halides is 1. The molecule has 0 aromatic heterocycles. The highest BCUT2D eigenvalue weighted by atomic mass is 35.5. The van der Waals surface area contributed by atoms with Crippen molar-refractivity contribution in [3.8, 4) is 0 Å². The Morgan fingerprint density at radius 2 is 2.00 bits per heavy atom. The minimum absolute atomic E-state index is 0. The van der Waals surface area contributed by atoms with E-state index in [2.05, 4.69) is 45.0 Å². The van der Waals surface area contributed by atoms with Crippen molar-refractivity contribution in [2.24, 2.45) is 0 Å². The van der Waals surface area contributed by atoms with Gasteiger partial charge in [0.15, 0.2) is 5.90 Å². The second kappa shape index (κ2) is 9.32. The molecular weight excluding hydrogens is 305 g/mol. The fraction of sp³-hybridized carbons (Fsp3) is 0.588. The maximum Gasteiger partial charge on any atom is 0.188 e. The molecule has 0 amide bonds. The van der Waals surface area contributed by atoms with Crippen LogP contribution >= 0.6 is 24.0 Å². The van der Waals surface area contributed by atoms with Crippen molar-refractivity contribution >= 4 is 29.9 Å². The van der Waals surface area contributed by atoms with Crippen molar-refractivity contribution in [2.45, 2.75) is 51.9 Å². The number of hydrogen-bond donors (Lipinski definition) is 1. The summed E-state index contributed by atoms with van der Waals surface area (Å²) in [6, 6.07) is 8.50. The van der Waals surface area contributed by atoms with Crippen molar-refractivity contribution in [3.63, 3.8) is 0 Å². The number of ether oxygens (including phenoxy) is 1. The van der Waals surface area contributed by atoms with Gasteiger partial charge in [-0.25, -0.2) is 0 Å². The van der Waals surface area contributed by atoms with E-state index in [0.717, 1.165) is 18.4 Å². The number of rotatable bonds is 6. The summed E-state index contributed by atoms with van der Waals surface area (Å²) in [5.41, 5.74) is 2.55. The van der Waals surface area contributed by atoms with Crippen molar-refractivity contribution in [2.75, 3.05) is 12.5 Å². The van der Waals surface area contributed by atoms with Crippen molar-refractivity contribution in [1.29, 1.82) is 5.41 Å². The molecule has 0 aliphatic rings. The van der Waals surface area contributed by atoms with Gasteiger partial charge < -0.3 is 4.74 Å². The predicted molar refractivity (Wildman–Crippen MR) is 94.4 cm³/mol. The van der Waals surface area contributed by atoms with Crippen LogP contribution in [-0.2, 0) is 10.2 Å². The van der Waals surface area contributed by atoms with Gasteiger partial charge in [-0.3, -0.25) is 5.41 Å². The topological polar surface area (TPSA) is 33.1 Å². The third kappa shape index (κ3) is 6.27. The van der Waals surface area contributed by atoms with Crippen LogP contribution in [0.25, 0.3) is 0 Å². The van der Waals surface area contributed by atoms with Crippen LogP contribution in [0.15, 0.2) is 24.3 Å². The molecule has 0 radical (unpaired) electrons. The minimum atomic E-state index is 0. The maximum absolute atomic E-state index is 8.12. The van der Waals surface area contributed by atoms with Crippen LogP contribution in [0.2, 0.25) is 0 Å². The number of benzene rings is 1. The molecule has 0 fully saturated rings. The van der Waals surface area contributed by atoms with E-state index < -0.39 is 0 Å². The molecule has 120 valence electrons. The first-order valence-electron chi connectivity index (χ1n) is 7.27. The summed E-state index contributed by atoms with van der Waals surface area (Å²) in [5, 5.41) is 8.12. The highest BCUT2D eigenvalue weighted by Gasteiger charge is 2.21. The van der Waals surface area contributed by atoms with E-state index in [-0.39, 0.29) is 23.7 Å². The summed E-state index contributed by atoms with van der Waals surface area (Å²) in [4.78, 5) is 0. The van der Waals surface area contributed by atoms with Crippen molar-refractivity contribution < 1.29 is 4.74 Å². The zero-order chi connectivity index (χ0) is 15.2. The Labute approximate surface area is 140 Å². The van der Waals surface area contributed by atoms with Crippen molar-refractivity contribution in [1.82, 2.24) is 0 Å². The Balaban J connectivity index is 0.00000400. The van der Waals surface area contributed by atoms with Gasteiger partial charge in [0.25, 0.3) is 0 Å². The first kappa shape index (κ1) is 20.3. The molecule has 0 aliphatic carbocycles. The fourth-order valence-corrected chi connectivity index (χ4v) is 2.36. The lowest BCUT2D eigenvalue weighted by Gasteiger charge is -2.23. The van der Waals surface area contributed by atoms with Gasteiger partial charge >= 0.3 is 0 Å². The SMILES string of the molecule is CCOC(=N)C(CCCCl)c1cccc(C(C)(C)C)c1.Cl. The zero-order valence-corrected chi connectivity index (χ0v) is 15.0. The van der Waals surface area contributed by atoms with Gasteiger partial charge in [-0.2, -0.15) is 0 Å². The average molecular weight is 332 g/mol. The Morgan fingerprint density at radius 3 is 2.52 bits per heavy atom. The second-order valence-electron chi connectivity index (χ2n) is 6.06. The Kier molecular flexibility index (Phi) is 9.00. The first-order valence-corrected chi connectivity index (χ1v) is 7.81. The predicted octanol–water partition coefficient (Wildman–Crippen LogP) is 5.52. The molecule has 0 spiro atoms. The van der Waals surface area contributed by atoms with Gasteiger partial charge in [-0.05, 0) is 36.3 Å². The van der Waals surface area contributed by atoms with Gasteiger partial charge in [0.1, 0.15) is 0 Å². The smallest absolute Gasteiger partial charge is 0.188 e. The number of halogens is 2. The highest BCUT2D eigenvalue weighted by Crippen LogP contribution is 2.29. The van der Waals surface area contributed by atoms with Crippen LogP contribution in [0.1, 0.15) is 57.6 Å². The average Bonchev–Trinajstić information content (AvgIpc) is 2.39. The van der Waals surface area contributed by atoms with Gasteiger partial charge in [0, 0.05) is 5.88 Å². The van der Waals surface area contributed by atoms with E-state index in [4.69, 9.17) is 21.7 Å². The van der Waals surface area contributed by atoms with Gasteiger partial charge in [-0.15, -0.1) is 24.0 Å². The third-order valence-electron chi connectivity index (χ3n) is 3.40. The summed E-state index contributed by atoms with van der Waals surface area (Å²) in [5.74, 6) is 0.981. The van der Waals surface area contributed by atoms with E-state index >= 15 is 0 Å². The van der Waals surface area contributed by atoms with Gasteiger partial charge in [-0.1, -0.05) is 45.0 Å². The number of nitrogens with one attached hydrogen (secondary N) is 1. The lowest BCUT2D eigenvalue weighted by molar-refractivity contribution is 0.305. The van der Waals surface area contributed by atoms with Crippen LogP contribution in [0, 0.1) is 5.41 Å². The molecule has 2 nitrogen and oxygen atoms in total. The van der Waals surface area contributed by atoms with E-state index in [1.807, 2.05) is 6.92 Å². The normalized spacial score (nSPS) is 12.4. The Hall–Kier alpha value is -0.730. The molecular formula is C17H27Cl2NO. The van der Waals surface area contributed by atoms with Gasteiger partial charge in [0.05, 0.1) is 12.5 Å². The molecule has 1 rings (SSSR count). The van der Waals surface area contributed by atoms with Crippen LogP contribution in [0.3, 0.4) is 0 Å². The molecule has 0 aliphatic heterocycles. The van der Waals surface area contributed by atoms with Crippen LogP contribution in [0.4, 0.5) is 0 Å². The van der Waals surface area contributed by atoms with Crippen molar-refractivity contribution in [3.05, 3.63) is 35.4 Å². The van der Waals surface area contributed by atoms with E-state index in [0.29, 0.717) is 18.4 Å². The summed E-state index contributed by atoms with van der Waals surface area (Å²) in [6.45, 7) is 9.06. The molecule has 1 N–H and O–H groups in total. The largest absolute Gasteiger partial charge is 0.481 e. The fourth-order valence-electron chi connectivity index (χ4n) is 2.21. The summed E-state index contributed by atoms with van der Waals surface area (Å²) in [6.07, 6.45) is 1.75. The summed E-state index contributed by atoms with van der Waals surface area (Å²) < 4.78 is 5.42. The Bertz CT molecular complexity index is 441. The quantitative estimate of drug-likeness (QED) is 0.415. The monoisotopic (exact) mass is 331 g/mol. The maximum atomic E-state index is 8.12. The molecule has 1 aromatic rings. The zero-order valence-electron chi connectivity index (χ0n) is 13.4. The minimum Gasteiger partial charge on any atom is -0.481 e. The molecule has 0 heterocycles. The molecule has 1 aromatic carbocycles. The molecule has 4 heteroatoms. The first-order chi connectivity index (χ1) is 9.40. The van der Waals surface area contributed by atoms with Crippen LogP contribution in [0.5, 0.6) is 0 Å². The molecule has 21 heavy (non-hydrogen) atoms. The lowest BCUT2D eigenvalue weighted by atomic mass is 9.83. The Morgan fingerprint density at radius 1 is 1.33 bits per heavy atom. The second-order valence-corrected chi connectivity index (χ2v) is 6.43. The summed E-state index contributed by atoms with van der Waals surface area (Å²) in [7, 11) is 0. The lowest BCUT2D eigenvalue weighted by Crippen LogP contribution is -2.17. The number of hydrogen-bond acceptors (Lipinski definition) is 2. The van der Waals surface area contributed by atoms with E-state index in [1.54, 1.807) is 0 Å². The van der Waals surface area contributed by atoms with Gasteiger partial charge in [0.2, 0.25) is 0 Å². The molecule has 0 saturated carbocycles. The van der Waals surface area contributed by atoms with Crippen LogP contribution in [-0.4, -0.2) is 18.4 Å². The van der Waals surface area contributed by atoms with E-state index in [9.17, 15) is 0 Å². The standard InChI is InChI=1S/C17H26ClNO.ClH/c1-5-20-16(19)15(10-7-11-18)13-8-6-9-14(12-13)17(2,3)4;/h6,8-9,12,15,19H,5,7,10-11H2,1-4H3;1H. The summed E-state index contributed by atoms with van der Waals surface area (Å²) >= 11 is 5.81. The van der Waals surface area contributed by atoms with E-state index in [1.165, 1.54) is 5.56 Å².